The number of hydrogen-bond acceptors (Lipinski definition) is 3. The van der Waals surface area contributed by atoms with E-state index in [1.807, 2.05) is 0 Å². The summed E-state index contributed by atoms with van der Waals surface area (Å²) < 4.78 is 42.4. The van der Waals surface area contributed by atoms with Crippen LogP contribution in [-0.4, -0.2) is 23.5 Å². The number of amides is 1. The minimum absolute atomic E-state index is 0. The van der Waals surface area contributed by atoms with Gasteiger partial charge in [0.25, 0.3) is 0 Å². The smallest absolute Gasteiger partial charge is 0.416 e. The molecule has 0 spiro atoms. The third-order valence-corrected chi connectivity index (χ3v) is 2.62. The number of carbonyl (C=O) groups is 2. The lowest BCUT2D eigenvalue weighted by Crippen LogP contribution is -2.41. The SMILES string of the molecule is C.C[C@H](NC(=O)OC(C)(C)C)C(=O)c1ccc(C(F)(F)F)cc1. The average molecular weight is 333 g/mol. The summed E-state index contributed by atoms with van der Waals surface area (Å²) in [5.41, 5.74) is -1.46. The molecule has 0 unspecified atom stereocenters. The lowest BCUT2D eigenvalue weighted by molar-refractivity contribution is -0.137. The van der Waals surface area contributed by atoms with Crippen LogP contribution in [0.15, 0.2) is 24.3 Å². The number of hydrogen-bond donors (Lipinski definition) is 1. The quantitative estimate of drug-likeness (QED) is 0.832. The number of Topliss-reactive ketones (excluding diaryl/α,β-unsaturated/α-hetero) is 1. The Hall–Kier alpha value is -2.05. The van der Waals surface area contributed by atoms with E-state index in [1.165, 1.54) is 6.92 Å². The third-order valence-electron chi connectivity index (χ3n) is 2.62. The van der Waals surface area contributed by atoms with E-state index in [0.29, 0.717) is 0 Å². The highest BCUT2D eigenvalue weighted by molar-refractivity contribution is 6.01. The molecule has 0 fully saturated rings. The topological polar surface area (TPSA) is 55.4 Å². The van der Waals surface area contributed by atoms with Gasteiger partial charge < -0.3 is 10.1 Å². The molecule has 0 saturated carbocycles. The Morgan fingerprint density at radius 1 is 1.09 bits per heavy atom. The molecular weight excluding hydrogens is 311 g/mol. The molecule has 1 rings (SSSR count). The lowest BCUT2D eigenvalue weighted by Gasteiger charge is -2.21. The van der Waals surface area contributed by atoms with Crippen LogP contribution in [0.4, 0.5) is 18.0 Å². The van der Waals surface area contributed by atoms with Gasteiger partial charge in [-0.2, -0.15) is 13.2 Å². The number of nitrogens with one attached hydrogen (secondary N) is 1. The van der Waals surface area contributed by atoms with Gasteiger partial charge >= 0.3 is 12.3 Å². The fourth-order valence-corrected chi connectivity index (χ4v) is 1.62. The zero-order chi connectivity index (χ0) is 17.1. The number of halogens is 3. The van der Waals surface area contributed by atoms with Gasteiger partial charge in [-0.25, -0.2) is 4.79 Å². The van der Waals surface area contributed by atoms with Crippen LogP contribution in [0.5, 0.6) is 0 Å². The van der Waals surface area contributed by atoms with E-state index in [0.717, 1.165) is 24.3 Å². The van der Waals surface area contributed by atoms with E-state index in [-0.39, 0.29) is 13.0 Å². The molecule has 7 heteroatoms. The molecule has 1 atom stereocenters. The minimum atomic E-state index is -4.46. The van der Waals surface area contributed by atoms with E-state index in [2.05, 4.69) is 5.32 Å². The van der Waals surface area contributed by atoms with E-state index in [4.69, 9.17) is 4.74 Å². The van der Waals surface area contributed by atoms with Crippen molar-refractivity contribution in [2.24, 2.45) is 0 Å². The van der Waals surface area contributed by atoms with Gasteiger partial charge in [-0.05, 0) is 39.8 Å². The van der Waals surface area contributed by atoms with Crippen molar-refractivity contribution in [2.45, 2.75) is 52.9 Å². The van der Waals surface area contributed by atoms with Crippen LogP contribution in [0.25, 0.3) is 0 Å². The van der Waals surface area contributed by atoms with Gasteiger partial charge in [0.15, 0.2) is 5.78 Å². The van der Waals surface area contributed by atoms with Crippen molar-refractivity contribution in [1.29, 1.82) is 0 Å². The van der Waals surface area contributed by atoms with Gasteiger partial charge in [-0.1, -0.05) is 19.6 Å². The standard InChI is InChI=1S/C15H18F3NO3.CH4/c1-9(19-13(21)22-14(2,3)4)12(20)10-5-7-11(8-6-10)15(16,17)18;/h5-9H,1-4H3,(H,19,21);1H4/t9-;/m0./s1. The molecular formula is C16H22F3NO3. The van der Waals surface area contributed by atoms with Gasteiger partial charge in [0.05, 0.1) is 11.6 Å². The highest BCUT2D eigenvalue weighted by atomic mass is 19.4. The Labute approximate surface area is 134 Å². The van der Waals surface area contributed by atoms with Crippen LogP contribution in [-0.2, 0) is 10.9 Å². The first-order valence-corrected chi connectivity index (χ1v) is 6.61. The first kappa shape index (κ1) is 20.9. The Bertz CT molecular complexity index is 545. The van der Waals surface area contributed by atoms with Crippen molar-refractivity contribution in [1.82, 2.24) is 5.32 Å². The van der Waals surface area contributed by atoms with Crippen molar-refractivity contribution in [3.05, 3.63) is 35.4 Å². The number of rotatable bonds is 3. The first-order valence-electron chi connectivity index (χ1n) is 6.61. The van der Waals surface area contributed by atoms with Crippen LogP contribution < -0.4 is 5.32 Å². The van der Waals surface area contributed by atoms with Gasteiger partial charge in [-0.15, -0.1) is 0 Å². The molecule has 130 valence electrons. The molecule has 23 heavy (non-hydrogen) atoms. The van der Waals surface area contributed by atoms with E-state index < -0.39 is 35.3 Å². The molecule has 1 N–H and O–H groups in total. The zero-order valence-corrected chi connectivity index (χ0v) is 12.7. The maximum atomic E-state index is 12.5. The summed E-state index contributed by atoms with van der Waals surface area (Å²) in [4.78, 5) is 23.6. The maximum Gasteiger partial charge on any atom is 0.416 e. The second-order valence-electron chi connectivity index (χ2n) is 5.81. The zero-order valence-electron chi connectivity index (χ0n) is 12.7. The van der Waals surface area contributed by atoms with Crippen molar-refractivity contribution < 1.29 is 27.5 Å². The predicted octanol–water partition coefficient (Wildman–Crippen LogP) is 4.44. The molecule has 0 saturated heterocycles. The molecule has 1 aromatic rings. The minimum Gasteiger partial charge on any atom is -0.444 e. The molecule has 0 aromatic heterocycles. The van der Waals surface area contributed by atoms with Crippen LogP contribution >= 0.6 is 0 Å². The fraction of sp³-hybridized carbons (Fsp3) is 0.500. The summed E-state index contributed by atoms with van der Waals surface area (Å²) in [6, 6.07) is 2.91. The number of benzene rings is 1. The summed E-state index contributed by atoms with van der Waals surface area (Å²) in [7, 11) is 0. The first-order chi connectivity index (χ1) is 9.90. The van der Waals surface area contributed by atoms with Gasteiger partial charge in [0, 0.05) is 5.56 Å². The number of ketones is 1. The highest BCUT2D eigenvalue weighted by Gasteiger charge is 2.30. The molecule has 0 radical (unpaired) electrons. The summed E-state index contributed by atoms with van der Waals surface area (Å²) in [6.07, 6.45) is -5.22. The van der Waals surface area contributed by atoms with Gasteiger partial charge in [0.1, 0.15) is 5.60 Å². The second-order valence-corrected chi connectivity index (χ2v) is 5.81. The van der Waals surface area contributed by atoms with E-state index in [1.54, 1.807) is 20.8 Å². The van der Waals surface area contributed by atoms with Crippen LogP contribution in [0.1, 0.15) is 51.0 Å². The maximum absolute atomic E-state index is 12.5. The lowest BCUT2D eigenvalue weighted by atomic mass is 10.0. The summed E-state index contributed by atoms with van der Waals surface area (Å²) in [6.45, 7) is 6.46. The van der Waals surface area contributed by atoms with Gasteiger partial charge in [-0.3, -0.25) is 4.79 Å². The van der Waals surface area contributed by atoms with Crippen molar-refractivity contribution in [3.63, 3.8) is 0 Å². The Kier molecular flexibility index (Phi) is 6.81. The van der Waals surface area contributed by atoms with Crippen molar-refractivity contribution in [2.75, 3.05) is 0 Å². The molecule has 0 aliphatic heterocycles. The Morgan fingerprint density at radius 3 is 1.96 bits per heavy atom. The summed E-state index contributed by atoms with van der Waals surface area (Å²) in [5.74, 6) is -0.500. The summed E-state index contributed by atoms with van der Waals surface area (Å²) >= 11 is 0. The van der Waals surface area contributed by atoms with E-state index >= 15 is 0 Å². The molecule has 1 aromatic carbocycles. The molecule has 0 aliphatic rings. The monoisotopic (exact) mass is 333 g/mol. The van der Waals surface area contributed by atoms with E-state index in [9.17, 15) is 22.8 Å². The van der Waals surface area contributed by atoms with Crippen LogP contribution in [0, 0.1) is 0 Å². The third kappa shape index (κ3) is 6.71. The Balaban J connectivity index is 0.00000484. The van der Waals surface area contributed by atoms with Gasteiger partial charge in [0.2, 0.25) is 0 Å². The fourth-order valence-electron chi connectivity index (χ4n) is 1.62. The second kappa shape index (κ2) is 7.48. The number of carbonyl (C=O) groups excluding carboxylic acids is 2. The molecule has 0 heterocycles. The van der Waals surface area contributed by atoms with Crippen LogP contribution in [0.2, 0.25) is 0 Å². The average Bonchev–Trinajstić information content (AvgIpc) is 2.34. The molecule has 4 nitrogen and oxygen atoms in total. The molecule has 0 bridgehead atoms. The van der Waals surface area contributed by atoms with Crippen molar-refractivity contribution in [3.8, 4) is 0 Å². The highest BCUT2D eigenvalue weighted by Crippen LogP contribution is 2.29. The largest absolute Gasteiger partial charge is 0.444 e. The number of alkyl halides is 3. The predicted molar refractivity (Wildman–Crippen MR) is 81.3 cm³/mol. The number of ether oxygens (including phenoxy) is 1. The Morgan fingerprint density at radius 2 is 1.57 bits per heavy atom. The van der Waals surface area contributed by atoms with Crippen molar-refractivity contribution >= 4 is 11.9 Å². The number of alkyl carbamates (subject to hydrolysis) is 1. The molecule has 0 aliphatic carbocycles. The van der Waals surface area contributed by atoms with Crippen LogP contribution in [0.3, 0.4) is 0 Å². The molecule has 1 amide bonds. The summed E-state index contributed by atoms with van der Waals surface area (Å²) in [5, 5.41) is 2.35. The normalized spacial score (nSPS) is 12.8.